The van der Waals surface area contributed by atoms with E-state index in [9.17, 15) is 10.2 Å². The van der Waals surface area contributed by atoms with Crippen LogP contribution in [0.2, 0.25) is 5.15 Å². The standard InChI is InChI=1S/C11H13ClN4O4/c12-8-4-1-2-16(9(4)15-11(13)14-8)10-7(19)6(18)5(3-17)20-10/h1-2,5-7,10,17-19H,3H2,(H2,13,14,15)/t5-,6-,7-,10?/m1/s1. The van der Waals surface area contributed by atoms with Gasteiger partial charge in [0.1, 0.15) is 29.1 Å². The van der Waals surface area contributed by atoms with Crippen molar-refractivity contribution in [3.63, 3.8) is 0 Å². The van der Waals surface area contributed by atoms with Crippen LogP contribution in [0, 0.1) is 0 Å². The zero-order valence-electron chi connectivity index (χ0n) is 10.2. The summed E-state index contributed by atoms with van der Waals surface area (Å²) in [5, 5.41) is 29.6. The maximum Gasteiger partial charge on any atom is 0.223 e. The normalized spacial score (nSPS) is 30.2. The summed E-state index contributed by atoms with van der Waals surface area (Å²) >= 11 is 5.97. The molecule has 0 spiro atoms. The molecule has 1 aliphatic heterocycles. The second kappa shape index (κ2) is 4.83. The van der Waals surface area contributed by atoms with E-state index in [0.29, 0.717) is 11.0 Å². The van der Waals surface area contributed by atoms with Gasteiger partial charge in [0.05, 0.1) is 12.0 Å². The molecule has 0 aromatic carbocycles. The lowest BCUT2D eigenvalue weighted by Crippen LogP contribution is -2.33. The van der Waals surface area contributed by atoms with Gasteiger partial charge >= 0.3 is 0 Å². The van der Waals surface area contributed by atoms with Crippen LogP contribution < -0.4 is 5.73 Å². The van der Waals surface area contributed by atoms with E-state index in [1.165, 1.54) is 4.57 Å². The van der Waals surface area contributed by atoms with Crippen LogP contribution in [0.3, 0.4) is 0 Å². The molecule has 108 valence electrons. The number of aromatic nitrogens is 3. The Kier molecular flexibility index (Phi) is 3.27. The molecule has 20 heavy (non-hydrogen) atoms. The molecule has 8 nitrogen and oxygen atoms in total. The number of nitrogens with zero attached hydrogens (tertiary/aromatic N) is 3. The molecule has 1 unspecified atom stereocenters. The fourth-order valence-corrected chi connectivity index (χ4v) is 2.56. The number of aliphatic hydroxyl groups is 3. The number of hydrogen-bond acceptors (Lipinski definition) is 7. The van der Waals surface area contributed by atoms with E-state index in [-0.39, 0.29) is 11.1 Å². The molecular formula is C11H13ClN4O4. The highest BCUT2D eigenvalue weighted by atomic mass is 35.5. The van der Waals surface area contributed by atoms with Crippen molar-refractivity contribution >= 4 is 28.6 Å². The third-order valence-electron chi connectivity index (χ3n) is 3.33. The smallest absolute Gasteiger partial charge is 0.223 e. The Balaban J connectivity index is 2.07. The Morgan fingerprint density at radius 3 is 2.75 bits per heavy atom. The van der Waals surface area contributed by atoms with E-state index in [2.05, 4.69) is 9.97 Å². The molecule has 0 amide bonds. The summed E-state index contributed by atoms with van der Waals surface area (Å²) in [5.41, 5.74) is 5.94. The highest BCUT2D eigenvalue weighted by molar-refractivity contribution is 6.34. The zero-order chi connectivity index (χ0) is 14.4. The first-order chi connectivity index (χ1) is 9.52. The predicted molar refractivity (Wildman–Crippen MR) is 70.0 cm³/mol. The van der Waals surface area contributed by atoms with Crippen molar-refractivity contribution in [2.75, 3.05) is 12.3 Å². The Bertz CT molecular complexity index is 649. The van der Waals surface area contributed by atoms with Crippen molar-refractivity contribution in [3.8, 4) is 0 Å². The predicted octanol–water partition coefficient (Wildman–Crippen LogP) is -0.722. The van der Waals surface area contributed by atoms with Gasteiger partial charge < -0.3 is 30.4 Å². The Hall–Kier alpha value is -1.45. The van der Waals surface area contributed by atoms with Crippen molar-refractivity contribution in [1.82, 2.24) is 14.5 Å². The van der Waals surface area contributed by atoms with E-state index in [1.807, 2.05) is 0 Å². The van der Waals surface area contributed by atoms with Gasteiger partial charge in [-0.15, -0.1) is 0 Å². The van der Waals surface area contributed by atoms with Gasteiger partial charge in [-0.1, -0.05) is 11.6 Å². The Morgan fingerprint density at radius 1 is 1.35 bits per heavy atom. The summed E-state index contributed by atoms with van der Waals surface area (Å²) in [5.74, 6) is -0.00538. The molecule has 1 aliphatic rings. The molecule has 5 N–H and O–H groups in total. The minimum absolute atomic E-state index is 0.00538. The minimum Gasteiger partial charge on any atom is -0.394 e. The van der Waals surface area contributed by atoms with Crippen LogP contribution >= 0.6 is 11.6 Å². The number of aliphatic hydroxyl groups excluding tert-OH is 3. The van der Waals surface area contributed by atoms with Gasteiger partial charge in [-0.3, -0.25) is 0 Å². The second-order valence-electron chi connectivity index (χ2n) is 4.56. The minimum atomic E-state index is -1.20. The zero-order valence-corrected chi connectivity index (χ0v) is 11.0. The third kappa shape index (κ3) is 1.93. The summed E-state index contributed by atoms with van der Waals surface area (Å²) in [6, 6.07) is 1.66. The number of ether oxygens (including phenoxy) is 1. The van der Waals surface area contributed by atoms with Gasteiger partial charge in [-0.05, 0) is 6.07 Å². The van der Waals surface area contributed by atoms with Crippen molar-refractivity contribution in [1.29, 1.82) is 0 Å². The number of halogens is 1. The largest absolute Gasteiger partial charge is 0.394 e. The first kappa shape index (κ1) is 13.5. The van der Waals surface area contributed by atoms with E-state index in [4.69, 9.17) is 27.2 Å². The van der Waals surface area contributed by atoms with Crippen LogP contribution in [0.25, 0.3) is 11.0 Å². The second-order valence-corrected chi connectivity index (χ2v) is 4.92. The molecule has 2 aromatic heterocycles. The number of hydrogen-bond donors (Lipinski definition) is 4. The highest BCUT2D eigenvalue weighted by Crippen LogP contribution is 2.33. The summed E-state index contributed by atoms with van der Waals surface area (Å²) in [6.45, 7) is -0.397. The molecule has 1 fully saturated rings. The first-order valence-electron chi connectivity index (χ1n) is 5.95. The van der Waals surface area contributed by atoms with Crippen LogP contribution in [-0.2, 0) is 4.74 Å². The lowest BCUT2D eigenvalue weighted by molar-refractivity contribution is -0.0508. The van der Waals surface area contributed by atoms with Crippen molar-refractivity contribution < 1.29 is 20.1 Å². The molecule has 4 atom stereocenters. The molecule has 9 heteroatoms. The van der Waals surface area contributed by atoms with E-state index < -0.39 is 31.1 Å². The first-order valence-corrected chi connectivity index (χ1v) is 6.32. The van der Waals surface area contributed by atoms with Crippen LogP contribution in [0.15, 0.2) is 12.3 Å². The maximum atomic E-state index is 10.0. The van der Waals surface area contributed by atoms with Crippen molar-refractivity contribution in [3.05, 3.63) is 17.4 Å². The van der Waals surface area contributed by atoms with E-state index >= 15 is 0 Å². The van der Waals surface area contributed by atoms with Crippen LogP contribution in [0.1, 0.15) is 6.23 Å². The van der Waals surface area contributed by atoms with Gasteiger partial charge in [0, 0.05) is 6.20 Å². The Labute approximate surface area is 118 Å². The van der Waals surface area contributed by atoms with Crippen LogP contribution in [-0.4, -0.2) is 54.8 Å². The fraction of sp³-hybridized carbons (Fsp3) is 0.455. The number of fused-ring (bicyclic) bond motifs is 1. The van der Waals surface area contributed by atoms with Gasteiger partial charge in [0.15, 0.2) is 6.23 Å². The maximum absolute atomic E-state index is 10.0. The molecule has 3 rings (SSSR count). The highest BCUT2D eigenvalue weighted by Gasteiger charge is 2.43. The van der Waals surface area contributed by atoms with Gasteiger partial charge in [0.2, 0.25) is 5.95 Å². The average Bonchev–Trinajstić information content (AvgIpc) is 2.93. The molecular weight excluding hydrogens is 288 g/mol. The monoisotopic (exact) mass is 300 g/mol. The fourth-order valence-electron chi connectivity index (χ4n) is 2.33. The summed E-state index contributed by atoms with van der Waals surface area (Å²) < 4.78 is 6.94. The van der Waals surface area contributed by atoms with E-state index in [1.54, 1.807) is 12.3 Å². The molecule has 0 radical (unpaired) electrons. The van der Waals surface area contributed by atoms with Crippen molar-refractivity contribution in [2.45, 2.75) is 24.5 Å². The number of nitrogens with two attached hydrogens (primary N) is 1. The third-order valence-corrected chi connectivity index (χ3v) is 3.62. The molecule has 1 saturated heterocycles. The van der Waals surface area contributed by atoms with Crippen molar-refractivity contribution in [2.24, 2.45) is 0 Å². The number of nitrogen functional groups attached to an aromatic ring is 1. The SMILES string of the molecule is Nc1nc(Cl)c2ccn(C3O[C@H](CO)[C@@H](O)[C@H]3O)c2n1. The molecule has 3 heterocycles. The van der Waals surface area contributed by atoms with Gasteiger partial charge in [0.25, 0.3) is 0 Å². The van der Waals surface area contributed by atoms with Crippen LogP contribution in [0.5, 0.6) is 0 Å². The average molecular weight is 301 g/mol. The summed E-state index contributed by atoms with van der Waals surface area (Å²) in [6.07, 6.45) is -2.52. The van der Waals surface area contributed by atoms with Crippen LogP contribution in [0.4, 0.5) is 5.95 Å². The molecule has 0 aliphatic carbocycles. The summed E-state index contributed by atoms with van der Waals surface area (Å²) in [7, 11) is 0. The van der Waals surface area contributed by atoms with Gasteiger partial charge in [-0.25, -0.2) is 4.98 Å². The molecule has 0 bridgehead atoms. The topological polar surface area (TPSA) is 127 Å². The number of rotatable bonds is 2. The lowest BCUT2D eigenvalue weighted by Gasteiger charge is -2.17. The molecule has 0 saturated carbocycles. The Morgan fingerprint density at radius 2 is 2.10 bits per heavy atom. The lowest BCUT2D eigenvalue weighted by atomic mass is 10.1. The molecule has 2 aromatic rings. The quantitative estimate of drug-likeness (QED) is 0.539. The van der Waals surface area contributed by atoms with E-state index in [0.717, 1.165) is 0 Å². The number of anilines is 1. The van der Waals surface area contributed by atoms with Gasteiger partial charge in [-0.2, -0.15) is 4.98 Å². The summed E-state index contributed by atoms with van der Waals surface area (Å²) in [4.78, 5) is 7.89.